The molecule has 18 heavy (non-hydrogen) atoms. The Morgan fingerprint density at radius 3 is 3.00 bits per heavy atom. The van der Waals surface area contributed by atoms with Crippen LogP contribution in [0, 0.1) is 6.92 Å². The van der Waals surface area contributed by atoms with Crippen molar-refractivity contribution in [2.45, 2.75) is 31.6 Å². The summed E-state index contributed by atoms with van der Waals surface area (Å²) in [5.74, 6) is 3.83. The van der Waals surface area contributed by atoms with E-state index in [4.69, 9.17) is 0 Å². The average molecular weight is 282 g/mol. The fourth-order valence-electron chi connectivity index (χ4n) is 2.21. The minimum absolute atomic E-state index is 0.454. The highest BCUT2D eigenvalue weighted by Gasteiger charge is 2.25. The third kappa shape index (κ3) is 3.90. The van der Waals surface area contributed by atoms with E-state index in [0.717, 1.165) is 6.54 Å². The molecule has 1 N–H and O–H groups in total. The Bertz CT molecular complexity index is 365. The molecule has 0 spiro atoms. The van der Waals surface area contributed by atoms with Gasteiger partial charge in [-0.3, -0.25) is 4.98 Å². The van der Waals surface area contributed by atoms with E-state index in [2.05, 4.69) is 53.7 Å². The molecular formula is C14H22N2S2. The van der Waals surface area contributed by atoms with Gasteiger partial charge in [0.1, 0.15) is 0 Å². The van der Waals surface area contributed by atoms with Crippen LogP contribution in [0.2, 0.25) is 0 Å². The highest BCUT2D eigenvalue weighted by Crippen LogP contribution is 2.33. The first-order valence-electron chi connectivity index (χ1n) is 6.65. The topological polar surface area (TPSA) is 24.9 Å². The molecule has 0 aromatic carbocycles. The first-order chi connectivity index (χ1) is 8.81. The average Bonchev–Trinajstić information content (AvgIpc) is 2.40. The van der Waals surface area contributed by atoms with E-state index in [1.54, 1.807) is 0 Å². The fraction of sp³-hybridized carbons (Fsp3) is 0.643. The Balaban J connectivity index is 2.12. The number of aromatic nitrogens is 1. The number of nitrogens with zero attached hydrogens (tertiary/aromatic N) is 1. The highest BCUT2D eigenvalue weighted by atomic mass is 32.2. The summed E-state index contributed by atoms with van der Waals surface area (Å²) in [5.41, 5.74) is 2.60. The maximum Gasteiger partial charge on any atom is 0.0464 e. The van der Waals surface area contributed by atoms with E-state index in [9.17, 15) is 0 Å². The van der Waals surface area contributed by atoms with E-state index in [0.29, 0.717) is 11.3 Å². The number of pyridine rings is 1. The van der Waals surface area contributed by atoms with Crippen LogP contribution in [0.25, 0.3) is 0 Å². The van der Waals surface area contributed by atoms with Gasteiger partial charge in [0, 0.05) is 40.9 Å². The highest BCUT2D eigenvalue weighted by molar-refractivity contribution is 8.06. The maximum atomic E-state index is 4.35. The SMILES string of the molecule is CCCNC(c1cncc(C)c1)C1CSCCS1. The van der Waals surface area contributed by atoms with Crippen LogP contribution < -0.4 is 5.32 Å². The molecule has 100 valence electrons. The van der Waals surface area contributed by atoms with Crippen molar-refractivity contribution in [3.63, 3.8) is 0 Å². The number of nitrogens with one attached hydrogen (secondary N) is 1. The Hall–Kier alpha value is -0.190. The lowest BCUT2D eigenvalue weighted by Gasteiger charge is -2.30. The van der Waals surface area contributed by atoms with Crippen LogP contribution in [-0.2, 0) is 0 Å². The Morgan fingerprint density at radius 1 is 1.44 bits per heavy atom. The van der Waals surface area contributed by atoms with E-state index in [1.165, 1.54) is 34.8 Å². The summed E-state index contributed by atoms with van der Waals surface area (Å²) in [5, 5.41) is 4.39. The number of thioether (sulfide) groups is 2. The third-order valence-corrected chi connectivity index (χ3v) is 5.95. The van der Waals surface area contributed by atoms with Gasteiger partial charge < -0.3 is 5.32 Å². The summed E-state index contributed by atoms with van der Waals surface area (Å²) in [6.45, 7) is 5.43. The molecule has 2 nitrogen and oxygen atoms in total. The zero-order valence-corrected chi connectivity index (χ0v) is 12.8. The summed E-state index contributed by atoms with van der Waals surface area (Å²) in [4.78, 5) is 4.35. The summed E-state index contributed by atoms with van der Waals surface area (Å²) < 4.78 is 0. The molecule has 0 amide bonds. The van der Waals surface area contributed by atoms with Crippen LogP contribution in [0.5, 0.6) is 0 Å². The molecule has 2 rings (SSSR count). The predicted octanol–water partition coefficient (Wildman–Crippen LogP) is 3.28. The van der Waals surface area contributed by atoms with Crippen molar-refractivity contribution in [2.75, 3.05) is 23.8 Å². The van der Waals surface area contributed by atoms with Crippen LogP contribution in [0.3, 0.4) is 0 Å². The lowest BCUT2D eigenvalue weighted by Crippen LogP contribution is -2.34. The van der Waals surface area contributed by atoms with Crippen LogP contribution >= 0.6 is 23.5 Å². The molecule has 2 unspecified atom stereocenters. The Morgan fingerprint density at radius 2 is 2.33 bits per heavy atom. The second kappa shape index (κ2) is 7.41. The first kappa shape index (κ1) is 14.2. The van der Waals surface area contributed by atoms with Crippen LogP contribution in [0.4, 0.5) is 0 Å². The molecule has 1 aromatic heterocycles. The lowest BCUT2D eigenvalue weighted by molar-refractivity contribution is 0.528. The molecule has 0 aliphatic carbocycles. The first-order valence-corrected chi connectivity index (χ1v) is 8.86. The van der Waals surface area contributed by atoms with Gasteiger partial charge >= 0.3 is 0 Å². The van der Waals surface area contributed by atoms with Gasteiger partial charge in [0.15, 0.2) is 0 Å². The molecule has 0 radical (unpaired) electrons. The van der Waals surface area contributed by atoms with Gasteiger partial charge in [0.2, 0.25) is 0 Å². The van der Waals surface area contributed by atoms with Gasteiger partial charge in [-0.2, -0.15) is 23.5 Å². The van der Waals surface area contributed by atoms with Crippen LogP contribution in [0.1, 0.15) is 30.5 Å². The molecule has 0 saturated carbocycles. The van der Waals surface area contributed by atoms with Crippen LogP contribution in [-0.4, -0.2) is 34.0 Å². The summed E-state index contributed by atoms with van der Waals surface area (Å²) in [6.07, 6.45) is 5.14. The van der Waals surface area contributed by atoms with Gasteiger partial charge in [0.05, 0.1) is 0 Å². The molecule has 4 heteroatoms. The summed E-state index contributed by atoms with van der Waals surface area (Å²) >= 11 is 4.19. The smallest absolute Gasteiger partial charge is 0.0464 e. The molecule has 1 saturated heterocycles. The van der Waals surface area contributed by atoms with E-state index in [1.807, 2.05) is 12.4 Å². The second-order valence-electron chi connectivity index (χ2n) is 4.71. The van der Waals surface area contributed by atoms with Gasteiger partial charge in [-0.25, -0.2) is 0 Å². The lowest BCUT2D eigenvalue weighted by atomic mass is 10.0. The molecule has 2 heterocycles. The zero-order valence-electron chi connectivity index (χ0n) is 11.2. The van der Waals surface area contributed by atoms with Crippen molar-refractivity contribution < 1.29 is 0 Å². The van der Waals surface area contributed by atoms with Crippen molar-refractivity contribution in [1.82, 2.24) is 10.3 Å². The quantitative estimate of drug-likeness (QED) is 0.896. The molecule has 1 aliphatic heterocycles. The monoisotopic (exact) mass is 282 g/mol. The van der Waals surface area contributed by atoms with Crippen LogP contribution in [0.15, 0.2) is 18.5 Å². The van der Waals surface area contributed by atoms with E-state index < -0.39 is 0 Å². The minimum Gasteiger partial charge on any atom is -0.309 e. The summed E-state index contributed by atoms with van der Waals surface area (Å²) in [7, 11) is 0. The van der Waals surface area contributed by atoms with Crippen molar-refractivity contribution in [3.8, 4) is 0 Å². The molecule has 1 aliphatic rings. The molecule has 0 bridgehead atoms. The molecular weight excluding hydrogens is 260 g/mol. The Labute approximate surface area is 119 Å². The largest absolute Gasteiger partial charge is 0.309 e. The van der Waals surface area contributed by atoms with Gasteiger partial charge in [-0.15, -0.1) is 0 Å². The number of hydrogen-bond donors (Lipinski definition) is 1. The standard InChI is InChI=1S/C14H22N2S2/c1-3-4-16-14(13-10-17-5-6-18-13)12-7-11(2)8-15-9-12/h7-9,13-14,16H,3-6,10H2,1-2H3. The van der Waals surface area contributed by atoms with Gasteiger partial charge in [-0.1, -0.05) is 13.0 Å². The van der Waals surface area contributed by atoms with E-state index in [-0.39, 0.29) is 0 Å². The molecule has 1 aromatic rings. The fourth-order valence-corrected chi connectivity index (χ4v) is 5.08. The van der Waals surface area contributed by atoms with Crippen molar-refractivity contribution in [3.05, 3.63) is 29.6 Å². The van der Waals surface area contributed by atoms with E-state index >= 15 is 0 Å². The van der Waals surface area contributed by atoms with Crippen molar-refractivity contribution in [1.29, 1.82) is 0 Å². The number of hydrogen-bond acceptors (Lipinski definition) is 4. The maximum absolute atomic E-state index is 4.35. The number of aryl methyl sites for hydroxylation is 1. The van der Waals surface area contributed by atoms with Gasteiger partial charge in [-0.05, 0) is 31.0 Å². The molecule has 1 fully saturated rings. The second-order valence-corrected chi connectivity index (χ2v) is 7.21. The van der Waals surface area contributed by atoms with Crippen molar-refractivity contribution in [2.24, 2.45) is 0 Å². The minimum atomic E-state index is 0.454. The third-order valence-electron chi connectivity index (χ3n) is 3.08. The molecule has 2 atom stereocenters. The Kier molecular flexibility index (Phi) is 5.86. The predicted molar refractivity (Wildman–Crippen MR) is 83.6 cm³/mol. The van der Waals surface area contributed by atoms with Gasteiger partial charge in [0.25, 0.3) is 0 Å². The summed E-state index contributed by atoms with van der Waals surface area (Å²) in [6, 6.07) is 2.73. The van der Waals surface area contributed by atoms with Crippen molar-refractivity contribution >= 4 is 23.5 Å². The zero-order chi connectivity index (χ0) is 12.8. The number of rotatable bonds is 5. The normalized spacial score (nSPS) is 21.8.